The van der Waals surface area contributed by atoms with Crippen molar-refractivity contribution in [3.05, 3.63) is 47.5 Å². The number of hydrogen-bond acceptors (Lipinski definition) is 5. The minimum atomic E-state index is -0.507. The summed E-state index contributed by atoms with van der Waals surface area (Å²) in [5, 5.41) is 1.01. The number of carbonyl (C=O) groups excluding carboxylic acids is 1. The maximum atomic E-state index is 12.0. The van der Waals surface area contributed by atoms with Crippen LogP contribution in [0, 0.1) is 0 Å². The summed E-state index contributed by atoms with van der Waals surface area (Å²) in [5.74, 6) is -0.507. The highest BCUT2D eigenvalue weighted by Crippen LogP contribution is 2.31. The molecule has 2 aromatic heterocycles. The number of nitrogens with one attached hydrogen (secondary N) is 1. The molecule has 112 valence electrons. The van der Waals surface area contributed by atoms with Crippen LogP contribution in [0.1, 0.15) is 10.4 Å². The maximum absolute atomic E-state index is 12.0. The summed E-state index contributed by atoms with van der Waals surface area (Å²) in [6.07, 6.45) is 3.23. The molecule has 6 nitrogen and oxygen atoms in total. The topological polar surface area (TPSA) is 69.0 Å². The van der Waals surface area contributed by atoms with Crippen LogP contribution in [0.4, 0.5) is 0 Å². The smallest absolute Gasteiger partial charge is 0.341 e. The van der Waals surface area contributed by atoms with E-state index in [2.05, 4.69) is 15.4 Å². The fourth-order valence-corrected chi connectivity index (χ4v) is 2.51. The Morgan fingerprint density at radius 3 is 2.86 bits per heavy atom. The van der Waals surface area contributed by atoms with Crippen LogP contribution in [-0.2, 0) is 4.74 Å². The number of esters is 1. The third-order valence-electron chi connectivity index (χ3n) is 3.37. The molecule has 1 N–H and O–H groups in total. The summed E-state index contributed by atoms with van der Waals surface area (Å²) in [4.78, 5) is 20.1. The second kappa shape index (κ2) is 5.65. The average Bonchev–Trinajstić information content (AvgIpc) is 2.93. The largest absolute Gasteiger partial charge is 0.465 e. The van der Waals surface area contributed by atoms with Crippen LogP contribution in [0.5, 0.6) is 0 Å². The van der Waals surface area contributed by atoms with E-state index in [1.54, 1.807) is 0 Å². The van der Waals surface area contributed by atoms with E-state index in [9.17, 15) is 4.79 Å². The van der Waals surface area contributed by atoms with Crippen molar-refractivity contribution in [1.82, 2.24) is 14.6 Å². The first-order valence-electron chi connectivity index (χ1n) is 6.54. The number of carbonyl (C=O) groups is 1. The Morgan fingerprint density at radius 1 is 1.36 bits per heavy atom. The molecule has 0 aliphatic carbocycles. The standard InChI is InChI=1S/C15H13ClN4O2/c1-17-20-8-11(9-5-3-4-6-12(9)20)13-10(14(21)22-2)7-18-15(16)19-13/h3-8,17H,1-2H3. The van der Waals surface area contributed by atoms with Crippen LogP contribution in [0.15, 0.2) is 36.7 Å². The molecule has 22 heavy (non-hydrogen) atoms. The summed E-state index contributed by atoms with van der Waals surface area (Å²) < 4.78 is 6.65. The van der Waals surface area contributed by atoms with Gasteiger partial charge in [0.1, 0.15) is 5.56 Å². The summed E-state index contributed by atoms with van der Waals surface area (Å²) in [6, 6.07) is 7.78. The van der Waals surface area contributed by atoms with Gasteiger partial charge in [0.05, 0.1) is 18.3 Å². The lowest BCUT2D eigenvalue weighted by molar-refractivity contribution is 0.0601. The Balaban J connectivity index is 2.32. The number of para-hydroxylation sites is 1. The fraction of sp³-hybridized carbons (Fsp3) is 0.133. The number of methoxy groups -OCH3 is 1. The summed E-state index contributed by atoms with van der Waals surface area (Å²) in [6.45, 7) is 0. The van der Waals surface area contributed by atoms with E-state index in [-0.39, 0.29) is 10.8 Å². The molecule has 0 saturated heterocycles. The van der Waals surface area contributed by atoms with Crippen molar-refractivity contribution >= 4 is 28.5 Å². The predicted octanol–water partition coefficient (Wildman–Crippen LogP) is 2.71. The first-order chi connectivity index (χ1) is 10.7. The molecule has 0 radical (unpaired) electrons. The average molecular weight is 317 g/mol. The minimum Gasteiger partial charge on any atom is -0.465 e. The van der Waals surface area contributed by atoms with E-state index in [1.807, 2.05) is 42.2 Å². The first kappa shape index (κ1) is 14.3. The monoisotopic (exact) mass is 316 g/mol. The Bertz CT molecular complexity index is 860. The van der Waals surface area contributed by atoms with Crippen molar-refractivity contribution in [2.24, 2.45) is 0 Å². The first-order valence-corrected chi connectivity index (χ1v) is 6.92. The molecular weight excluding hydrogens is 304 g/mol. The van der Waals surface area contributed by atoms with Crippen LogP contribution < -0.4 is 5.43 Å². The number of benzene rings is 1. The summed E-state index contributed by atoms with van der Waals surface area (Å²) in [5.41, 5.74) is 5.51. The molecular formula is C15H13ClN4O2. The lowest BCUT2D eigenvalue weighted by atomic mass is 10.1. The van der Waals surface area contributed by atoms with Crippen LogP contribution in [-0.4, -0.2) is 34.8 Å². The van der Waals surface area contributed by atoms with E-state index < -0.39 is 5.97 Å². The number of hydrogen-bond donors (Lipinski definition) is 1. The lowest BCUT2D eigenvalue weighted by Gasteiger charge is -2.06. The van der Waals surface area contributed by atoms with E-state index in [1.165, 1.54) is 13.3 Å². The van der Waals surface area contributed by atoms with E-state index in [0.717, 1.165) is 16.5 Å². The molecule has 0 spiro atoms. The second-order valence-electron chi connectivity index (χ2n) is 4.55. The molecule has 0 aliphatic heterocycles. The third-order valence-corrected chi connectivity index (χ3v) is 3.55. The molecule has 7 heteroatoms. The Labute approximate surface area is 131 Å². The molecule has 2 heterocycles. The molecule has 0 unspecified atom stereocenters. The van der Waals surface area contributed by atoms with Crippen molar-refractivity contribution in [1.29, 1.82) is 0 Å². The van der Waals surface area contributed by atoms with Crippen molar-refractivity contribution in [3.8, 4) is 11.3 Å². The van der Waals surface area contributed by atoms with Gasteiger partial charge < -0.3 is 10.2 Å². The fourth-order valence-electron chi connectivity index (χ4n) is 2.38. The third kappa shape index (κ3) is 2.27. The van der Waals surface area contributed by atoms with E-state index in [4.69, 9.17) is 16.3 Å². The van der Waals surface area contributed by atoms with Gasteiger partial charge in [-0.25, -0.2) is 14.8 Å². The Morgan fingerprint density at radius 2 is 2.14 bits per heavy atom. The van der Waals surface area contributed by atoms with Gasteiger partial charge in [-0.1, -0.05) is 18.2 Å². The molecule has 0 bridgehead atoms. The number of fused-ring (bicyclic) bond motifs is 1. The number of nitrogens with zero attached hydrogens (tertiary/aromatic N) is 3. The van der Waals surface area contributed by atoms with Gasteiger partial charge in [-0.05, 0) is 17.7 Å². The van der Waals surface area contributed by atoms with E-state index >= 15 is 0 Å². The van der Waals surface area contributed by atoms with Crippen LogP contribution in [0.2, 0.25) is 5.28 Å². The van der Waals surface area contributed by atoms with Gasteiger partial charge in [0, 0.05) is 30.4 Å². The quantitative estimate of drug-likeness (QED) is 0.594. The molecule has 0 aliphatic rings. The SMILES string of the molecule is CNn1cc(-c2nc(Cl)ncc2C(=O)OC)c2ccccc21. The number of ether oxygens (including phenoxy) is 1. The molecule has 0 saturated carbocycles. The van der Waals surface area contributed by atoms with Gasteiger partial charge in [0.25, 0.3) is 0 Å². The molecule has 0 amide bonds. The van der Waals surface area contributed by atoms with Crippen LogP contribution >= 0.6 is 11.6 Å². The molecule has 0 atom stereocenters. The predicted molar refractivity (Wildman–Crippen MR) is 84.6 cm³/mol. The molecule has 1 aromatic carbocycles. The minimum absolute atomic E-state index is 0.0731. The zero-order valence-electron chi connectivity index (χ0n) is 12.0. The van der Waals surface area contributed by atoms with E-state index in [0.29, 0.717) is 5.69 Å². The highest BCUT2D eigenvalue weighted by atomic mass is 35.5. The lowest BCUT2D eigenvalue weighted by Crippen LogP contribution is -2.07. The van der Waals surface area contributed by atoms with Crippen molar-refractivity contribution in [2.75, 3.05) is 19.6 Å². The molecule has 3 rings (SSSR count). The van der Waals surface area contributed by atoms with Crippen molar-refractivity contribution < 1.29 is 9.53 Å². The van der Waals surface area contributed by atoms with Gasteiger partial charge in [0.2, 0.25) is 5.28 Å². The second-order valence-corrected chi connectivity index (χ2v) is 4.88. The van der Waals surface area contributed by atoms with Gasteiger partial charge >= 0.3 is 5.97 Å². The summed E-state index contributed by atoms with van der Waals surface area (Å²) in [7, 11) is 3.13. The normalized spacial score (nSPS) is 10.7. The van der Waals surface area contributed by atoms with Crippen molar-refractivity contribution in [3.63, 3.8) is 0 Å². The van der Waals surface area contributed by atoms with Gasteiger partial charge in [-0.2, -0.15) is 0 Å². The Hall–Kier alpha value is -2.60. The van der Waals surface area contributed by atoms with Gasteiger partial charge in [-0.15, -0.1) is 0 Å². The van der Waals surface area contributed by atoms with Gasteiger partial charge in [0.15, 0.2) is 0 Å². The van der Waals surface area contributed by atoms with Crippen molar-refractivity contribution in [2.45, 2.75) is 0 Å². The number of aromatic nitrogens is 3. The highest BCUT2D eigenvalue weighted by molar-refractivity contribution is 6.28. The Kier molecular flexibility index (Phi) is 3.68. The van der Waals surface area contributed by atoms with Crippen LogP contribution in [0.3, 0.4) is 0 Å². The number of halogens is 1. The zero-order valence-corrected chi connectivity index (χ0v) is 12.8. The molecule has 3 aromatic rings. The summed E-state index contributed by atoms with van der Waals surface area (Å²) >= 11 is 5.91. The maximum Gasteiger partial charge on any atom is 0.341 e. The van der Waals surface area contributed by atoms with Gasteiger partial charge in [-0.3, -0.25) is 4.68 Å². The number of rotatable bonds is 3. The zero-order chi connectivity index (χ0) is 15.7. The highest BCUT2D eigenvalue weighted by Gasteiger charge is 2.20. The van der Waals surface area contributed by atoms with Crippen LogP contribution in [0.25, 0.3) is 22.2 Å². The molecule has 0 fully saturated rings.